The molecule has 0 radical (unpaired) electrons. The molecule has 2 rings (SSSR count). The molecule has 108 valence electrons. The molecule has 1 N–H and O–H groups in total. The van der Waals surface area contributed by atoms with Crippen LogP contribution in [0.3, 0.4) is 0 Å². The van der Waals surface area contributed by atoms with Gasteiger partial charge in [-0.1, -0.05) is 57.5 Å². The Hall–Kier alpha value is -1.61. The third-order valence-corrected chi connectivity index (χ3v) is 3.47. The normalized spacial score (nSPS) is 12.8. The van der Waals surface area contributed by atoms with Crippen molar-refractivity contribution in [2.24, 2.45) is 0 Å². The molecular weight excluding hydrogens is 246 g/mol. The Balaban J connectivity index is 2.12. The highest BCUT2D eigenvalue weighted by Crippen LogP contribution is 2.21. The maximum Gasteiger partial charge on any atom is 0.0643 e. The Morgan fingerprint density at radius 3 is 2.55 bits per heavy atom. The highest BCUT2D eigenvalue weighted by Gasteiger charge is 2.12. The van der Waals surface area contributed by atoms with Gasteiger partial charge in [0.25, 0.3) is 0 Å². The van der Waals surface area contributed by atoms with E-state index in [0.29, 0.717) is 12.1 Å². The van der Waals surface area contributed by atoms with Crippen LogP contribution >= 0.6 is 0 Å². The van der Waals surface area contributed by atoms with E-state index < -0.39 is 0 Å². The Kier molecular flexibility index (Phi) is 5.36. The molecule has 0 amide bonds. The van der Waals surface area contributed by atoms with Gasteiger partial charge in [0, 0.05) is 24.3 Å². The van der Waals surface area contributed by atoms with Gasteiger partial charge in [-0.05, 0) is 12.0 Å². The van der Waals surface area contributed by atoms with Gasteiger partial charge in [0.2, 0.25) is 0 Å². The summed E-state index contributed by atoms with van der Waals surface area (Å²) >= 11 is 0. The summed E-state index contributed by atoms with van der Waals surface area (Å²) < 4.78 is 2.11. The first kappa shape index (κ1) is 14.8. The van der Waals surface area contributed by atoms with Gasteiger partial charge in [-0.3, -0.25) is 4.68 Å². The van der Waals surface area contributed by atoms with Crippen LogP contribution in [0.1, 0.15) is 39.7 Å². The van der Waals surface area contributed by atoms with Crippen LogP contribution in [0.25, 0.3) is 11.1 Å². The number of hydrogen-bond donors (Lipinski definition) is 1. The summed E-state index contributed by atoms with van der Waals surface area (Å²) in [5.41, 5.74) is 2.42. The first-order valence-electron chi connectivity index (χ1n) is 7.53. The van der Waals surface area contributed by atoms with Crippen molar-refractivity contribution in [1.29, 1.82) is 0 Å². The fourth-order valence-electron chi connectivity index (χ4n) is 2.35. The molecule has 0 aliphatic rings. The highest BCUT2D eigenvalue weighted by atomic mass is 15.3. The van der Waals surface area contributed by atoms with Crippen molar-refractivity contribution in [1.82, 2.24) is 15.1 Å². The topological polar surface area (TPSA) is 29.9 Å². The number of rotatable bonds is 7. The minimum Gasteiger partial charge on any atom is -0.312 e. The second-order valence-corrected chi connectivity index (χ2v) is 5.58. The molecule has 1 aromatic heterocycles. The number of hydrogen-bond acceptors (Lipinski definition) is 2. The van der Waals surface area contributed by atoms with Gasteiger partial charge in [-0.15, -0.1) is 0 Å². The lowest BCUT2D eigenvalue weighted by Gasteiger charge is -2.19. The number of nitrogens with zero attached hydrogens (tertiary/aromatic N) is 2. The van der Waals surface area contributed by atoms with Crippen molar-refractivity contribution < 1.29 is 0 Å². The number of aromatic nitrogens is 2. The van der Waals surface area contributed by atoms with Crippen LogP contribution in [0.4, 0.5) is 0 Å². The summed E-state index contributed by atoms with van der Waals surface area (Å²) in [6.45, 7) is 7.56. The van der Waals surface area contributed by atoms with E-state index in [0.717, 1.165) is 13.0 Å². The monoisotopic (exact) mass is 271 g/mol. The Morgan fingerprint density at radius 2 is 1.90 bits per heavy atom. The molecular formula is C17H25N3. The van der Waals surface area contributed by atoms with Gasteiger partial charge in [0.1, 0.15) is 0 Å². The van der Waals surface area contributed by atoms with Crippen LogP contribution in [0, 0.1) is 0 Å². The highest BCUT2D eigenvalue weighted by molar-refractivity contribution is 5.61. The summed E-state index contributed by atoms with van der Waals surface area (Å²) in [7, 11) is 0. The second-order valence-electron chi connectivity index (χ2n) is 5.58. The zero-order valence-corrected chi connectivity index (χ0v) is 12.7. The number of nitrogens with one attached hydrogen (secondary N) is 1. The quantitative estimate of drug-likeness (QED) is 0.828. The van der Waals surface area contributed by atoms with Crippen LogP contribution in [-0.4, -0.2) is 22.4 Å². The minimum atomic E-state index is 0.430. The standard InChI is InChI=1S/C17H25N3/c1-4-8-17(12-18-14(2)3)20-13-16(11-19-20)15-9-6-5-7-10-15/h5-7,9-11,13-14,17-18H,4,8,12H2,1-3H3. The molecule has 1 unspecified atom stereocenters. The van der Waals surface area contributed by atoms with E-state index >= 15 is 0 Å². The first-order valence-corrected chi connectivity index (χ1v) is 7.53. The molecule has 0 fully saturated rings. The molecule has 0 saturated heterocycles. The lowest BCUT2D eigenvalue weighted by molar-refractivity contribution is 0.382. The smallest absolute Gasteiger partial charge is 0.0643 e. The van der Waals surface area contributed by atoms with Crippen molar-refractivity contribution in [3.8, 4) is 11.1 Å². The zero-order valence-electron chi connectivity index (χ0n) is 12.7. The predicted octanol–water partition coefficient (Wildman–Crippen LogP) is 3.89. The lowest BCUT2D eigenvalue weighted by atomic mass is 10.1. The molecule has 0 aliphatic heterocycles. The van der Waals surface area contributed by atoms with Gasteiger partial charge in [0.15, 0.2) is 0 Å². The predicted molar refractivity (Wildman–Crippen MR) is 84.7 cm³/mol. The number of benzene rings is 1. The lowest BCUT2D eigenvalue weighted by Crippen LogP contribution is -2.30. The van der Waals surface area contributed by atoms with E-state index in [9.17, 15) is 0 Å². The Labute approximate surface area is 122 Å². The van der Waals surface area contributed by atoms with Crippen LogP contribution in [0.5, 0.6) is 0 Å². The van der Waals surface area contributed by atoms with E-state index in [-0.39, 0.29) is 0 Å². The average Bonchev–Trinajstić information content (AvgIpc) is 2.94. The van der Waals surface area contributed by atoms with Crippen molar-refractivity contribution in [2.45, 2.75) is 45.7 Å². The van der Waals surface area contributed by atoms with E-state index in [4.69, 9.17) is 0 Å². The van der Waals surface area contributed by atoms with E-state index in [1.807, 2.05) is 12.3 Å². The largest absolute Gasteiger partial charge is 0.312 e. The molecule has 0 bridgehead atoms. The molecule has 2 aromatic rings. The van der Waals surface area contributed by atoms with Crippen molar-refractivity contribution in [3.05, 3.63) is 42.7 Å². The Morgan fingerprint density at radius 1 is 1.15 bits per heavy atom. The van der Waals surface area contributed by atoms with Crippen LogP contribution in [0.2, 0.25) is 0 Å². The van der Waals surface area contributed by atoms with E-state index in [1.54, 1.807) is 0 Å². The molecule has 1 heterocycles. The van der Waals surface area contributed by atoms with Crippen molar-refractivity contribution in [2.75, 3.05) is 6.54 Å². The van der Waals surface area contributed by atoms with Gasteiger partial charge in [-0.25, -0.2) is 0 Å². The average molecular weight is 271 g/mol. The Bertz CT molecular complexity index is 502. The van der Waals surface area contributed by atoms with E-state index in [1.165, 1.54) is 17.5 Å². The zero-order chi connectivity index (χ0) is 14.4. The summed E-state index contributed by atoms with van der Waals surface area (Å²) in [4.78, 5) is 0. The third-order valence-electron chi connectivity index (χ3n) is 3.47. The minimum absolute atomic E-state index is 0.430. The SMILES string of the molecule is CCCC(CNC(C)C)n1cc(-c2ccccc2)cn1. The van der Waals surface area contributed by atoms with Gasteiger partial charge in [-0.2, -0.15) is 5.10 Å². The molecule has 0 aliphatic carbocycles. The summed E-state index contributed by atoms with van der Waals surface area (Å²) in [6, 6.07) is 11.4. The third kappa shape index (κ3) is 3.94. The fraction of sp³-hybridized carbons (Fsp3) is 0.471. The molecule has 0 spiro atoms. The van der Waals surface area contributed by atoms with E-state index in [2.05, 4.69) is 66.3 Å². The molecule has 1 atom stereocenters. The summed E-state index contributed by atoms with van der Waals surface area (Å²) in [6.07, 6.45) is 6.45. The van der Waals surface area contributed by atoms with Gasteiger partial charge < -0.3 is 5.32 Å². The van der Waals surface area contributed by atoms with Crippen LogP contribution in [-0.2, 0) is 0 Å². The van der Waals surface area contributed by atoms with Gasteiger partial charge in [0.05, 0.1) is 12.2 Å². The maximum absolute atomic E-state index is 4.57. The van der Waals surface area contributed by atoms with Crippen LogP contribution < -0.4 is 5.32 Å². The van der Waals surface area contributed by atoms with Crippen LogP contribution in [0.15, 0.2) is 42.7 Å². The van der Waals surface area contributed by atoms with Gasteiger partial charge >= 0.3 is 0 Å². The van der Waals surface area contributed by atoms with Crippen molar-refractivity contribution >= 4 is 0 Å². The first-order chi connectivity index (χ1) is 9.70. The summed E-state index contributed by atoms with van der Waals surface area (Å²) in [5, 5.41) is 8.08. The molecule has 3 nitrogen and oxygen atoms in total. The van der Waals surface area contributed by atoms with Crippen molar-refractivity contribution in [3.63, 3.8) is 0 Å². The molecule has 0 saturated carbocycles. The second kappa shape index (κ2) is 7.25. The maximum atomic E-state index is 4.57. The molecule has 3 heteroatoms. The fourth-order valence-corrected chi connectivity index (χ4v) is 2.35. The molecule has 1 aromatic carbocycles. The molecule has 20 heavy (non-hydrogen) atoms. The summed E-state index contributed by atoms with van der Waals surface area (Å²) in [5.74, 6) is 0.